The Bertz CT molecular complexity index is 330. The van der Waals surface area contributed by atoms with Gasteiger partial charge in [-0.2, -0.15) is 5.26 Å². The van der Waals surface area contributed by atoms with Crippen molar-refractivity contribution in [2.75, 3.05) is 6.54 Å². The van der Waals surface area contributed by atoms with Crippen LogP contribution in [0.25, 0.3) is 0 Å². The van der Waals surface area contributed by atoms with Crippen LogP contribution in [0, 0.1) is 11.3 Å². The zero-order valence-corrected chi connectivity index (χ0v) is 11.3. The third-order valence-electron chi connectivity index (χ3n) is 2.92. The zero-order valence-electron chi connectivity index (χ0n) is 11.3. The first kappa shape index (κ1) is 14.8. The third kappa shape index (κ3) is 4.19. The lowest BCUT2D eigenvalue weighted by molar-refractivity contribution is -0.0152. The van der Waals surface area contributed by atoms with Gasteiger partial charge in [0.1, 0.15) is 5.60 Å². The van der Waals surface area contributed by atoms with Crippen LogP contribution in [-0.4, -0.2) is 40.4 Å². The fourth-order valence-electron chi connectivity index (χ4n) is 2.13. The summed E-state index contributed by atoms with van der Waals surface area (Å²) < 4.78 is 5.33. The molecule has 2 unspecified atom stereocenters. The summed E-state index contributed by atoms with van der Waals surface area (Å²) in [7, 11) is 0. The summed E-state index contributed by atoms with van der Waals surface area (Å²) in [5, 5.41) is 18.6. The van der Waals surface area contributed by atoms with Gasteiger partial charge in [0.2, 0.25) is 0 Å². The number of carbonyl (C=O) groups is 1. The maximum absolute atomic E-state index is 12.0. The lowest BCUT2D eigenvalue weighted by Gasteiger charge is -2.38. The SMILES string of the molecule is CC(C)(C)OC(=O)N1CCCCC1C(O)CC#N. The third-order valence-corrected chi connectivity index (χ3v) is 2.92. The molecule has 5 heteroatoms. The molecule has 1 rings (SSSR count). The van der Waals surface area contributed by atoms with E-state index in [-0.39, 0.29) is 12.5 Å². The molecule has 18 heavy (non-hydrogen) atoms. The molecule has 0 aromatic heterocycles. The number of rotatable bonds is 2. The maximum atomic E-state index is 12.0. The molecule has 1 saturated heterocycles. The largest absolute Gasteiger partial charge is 0.444 e. The average Bonchev–Trinajstić information content (AvgIpc) is 2.27. The van der Waals surface area contributed by atoms with Crippen LogP contribution in [0.1, 0.15) is 46.5 Å². The second-order valence-electron chi connectivity index (χ2n) is 5.67. The van der Waals surface area contributed by atoms with Gasteiger partial charge in [0.05, 0.1) is 24.6 Å². The molecule has 5 nitrogen and oxygen atoms in total. The summed E-state index contributed by atoms with van der Waals surface area (Å²) in [5.74, 6) is 0. The van der Waals surface area contributed by atoms with Crippen molar-refractivity contribution < 1.29 is 14.6 Å². The minimum Gasteiger partial charge on any atom is -0.444 e. The van der Waals surface area contributed by atoms with Gasteiger partial charge in [0.15, 0.2) is 0 Å². The Morgan fingerprint density at radius 2 is 2.22 bits per heavy atom. The molecular weight excluding hydrogens is 232 g/mol. The Hall–Kier alpha value is -1.28. The van der Waals surface area contributed by atoms with Gasteiger partial charge >= 0.3 is 6.09 Å². The number of piperidine rings is 1. The molecular formula is C13H22N2O3. The summed E-state index contributed by atoms with van der Waals surface area (Å²) in [5.41, 5.74) is -0.542. The van der Waals surface area contributed by atoms with Gasteiger partial charge in [0.25, 0.3) is 0 Å². The van der Waals surface area contributed by atoms with E-state index >= 15 is 0 Å². The highest BCUT2D eigenvalue weighted by Gasteiger charge is 2.34. The first-order valence-electron chi connectivity index (χ1n) is 6.40. The van der Waals surface area contributed by atoms with E-state index in [2.05, 4.69) is 0 Å². The second kappa shape index (κ2) is 6.05. The van der Waals surface area contributed by atoms with Crippen molar-refractivity contribution in [3.8, 4) is 6.07 Å². The smallest absolute Gasteiger partial charge is 0.410 e. The number of hydrogen-bond acceptors (Lipinski definition) is 4. The van der Waals surface area contributed by atoms with Crippen molar-refractivity contribution in [1.82, 2.24) is 4.90 Å². The summed E-state index contributed by atoms with van der Waals surface area (Å²) >= 11 is 0. The standard InChI is InChI=1S/C13H22N2O3/c1-13(2,3)18-12(17)15-9-5-4-6-10(15)11(16)7-8-14/h10-11,16H,4-7,9H2,1-3H3. The number of likely N-dealkylation sites (tertiary alicyclic amines) is 1. The molecule has 1 aliphatic rings. The van der Waals surface area contributed by atoms with Crippen LogP contribution < -0.4 is 0 Å². The predicted molar refractivity (Wildman–Crippen MR) is 66.8 cm³/mol. The highest BCUT2D eigenvalue weighted by atomic mass is 16.6. The molecule has 1 N–H and O–H groups in total. The number of hydrogen-bond donors (Lipinski definition) is 1. The summed E-state index contributed by atoms with van der Waals surface area (Å²) in [4.78, 5) is 13.6. The monoisotopic (exact) mass is 254 g/mol. The van der Waals surface area contributed by atoms with E-state index in [0.29, 0.717) is 6.54 Å². The van der Waals surface area contributed by atoms with Crippen molar-refractivity contribution in [1.29, 1.82) is 5.26 Å². The van der Waals surface area contributed by atoms with E-state index < -0.39 is 17.8 Å². The van der Waals surface area contributed by atoms with Gasteiger partial charge in [-0.15, -0.1) is 0 Å². The Morgan fingerprint density at radius 3 is 2.78 bits per heavy atom. The second-order valence-corrected chi connectivity index (χ2v) is 5.67. The van der Waals surface area contributed by atoms with E-state index in [1.165, 1.54) is 0 Å². The highest BCUT2D eigenvalue weighted by Crippen LogP contribution is 2.23. The van der Waals surface area contributed by atoms with Crippen LogP contribution in [0.3, 0.4) is 0 Å². The van der Waals surface area contributed by atoms with E-state index in [9.17, 15) is 9.90 Å². The molecule has 0 radical (unpaired) electrons. The molecule has 1 heterocycles. The molecule has 1 fully saturated rings. The molecule has 0 spiro atoms. The normalized spacial score (nSPS) is 22.2. The van der Waals surface area contributed by atoms with Crippen molar-refractivity contribution in [3.63, 3.8) is 0 Å². The Labute approximate surface area is 108 Å². The molecule has 0 aliphatic carbocycles. The Kier molecular flexibility index (Phi) is 4.97. The molecule has 1 amide bonds. The Balaban J connectivity index is 2.70. The zero-order chi connectivity index (χ0) is 13.8. The number of nitriles is 1. The fourth-order valence-corrected chi connectivity index (χ4v) is 2.13. The van der Waals surface area contributed by atoms with Gasteiger partial charge in [0, 0.05) is 6.54 Å². The number of nitrogens with zero attached hydrogens (tertiary/aromatic N) is 2. The van der Waals surface area contributed by atoms with Crippen LogP contribution >= 0.6 is 0 Å². The number of aliphatic hydroxyl groups is 1. The van der Waals surface area contributed by atoms with Crippen molar-refractivity contribution in [2.24, 2.45) is 0 Å². The molecule has 0 aromatic rings. The summed E-state index contributed by atoms with van der Waals surface area (Å²) in [6, 6.07) is 1.65. The minimum atomic E-state index is -0.789. The summed E-state index contributed by atoms with van der Waals surface area (Å²) in [6.07, 6.45) is 1.46. The molecule has 102 valence electrons. The van der Waals surface area contributed by atoms with Crippen LogP contribution in [-0.2, 0) is 4.74 Å². The molecule has 2 atom stereocenters. The maximum Gasteiger partial charge on any atom is 0.410 e. The topological polar surface area (TPSA) is 73.6 Å². The number of carbonyl (C=O) groups excluding carboxylic acids is 1. The minimum absolute atomic E-state index is 0.0456. The van der Waals surface area contributed by atoms with Gasteiger partial charge in [-0.25, -0.2) is 4.79 Å². The highest BCUT2D eigenvalue weighted by molar-refractivity contribution is 5.68. The van der Waals surface area contributed by atoms with E-state index in [0.717, 1.165) is 19.3 Å². The van der Waals surface area contributed by atoms with Crippen LogP contribution in [0.5, 0.6) is 0 Å². The number of amides is 1. The Morgan fingerprint density at radius 1 is 1.56 bits per heavy atom. The van der Waals surface area contributed by atoms with Gasteiger partial charge < -0.3 is 14.7 Å². The van der Waals surface area contributed by atoms with Crippen molar-refractivity contribution in [2.45, 2.75) is 64.2 Å². The van der Waals surface area contributed by atoms with E-state index in [1.807, 2.05) is 26.8 Å². The van der Waals surface area contributed by atoms with Crippen LogP contribution in [0.4, 0.5) is 4.79 Å². The molecule has 0 bridgehead atoms. The lowest BCUT2D eigenvalue weighted by atomic mass is 9.96. The van der Waals surface area contributed by atoms with Gasteiger partial charge in [-0.3, -0.25) is 0 Å². The lowest BCUT2D eigenvalue weighted by Crippen LogP contribution is -2.51. The average molecular weight is 254 g/mol. The number of ether oxygens (including phenoxy) is 1. The first-order valence-corrected chi connectivity index (χ1v) is 6.40. The fraction of sp³-hybridized carbons (Fsp3) is 0.846. The molecule has 1 aliphatic heterocycles. The van der Waals surface area contributed by atoms with E-state index in [1.54, 1.807) is 4.90 Å². The van der Waals surface area contributed by atoms with Crippen molar-refractivity contribution in [3.05, 3.63) is 0 Å². The molecule has 0 saturated carbocycles. The quantitative estimate of drug-likeness (QED) is 0.818. The molecule has 0 aromatic carbocycles. The van der Waals surface area contributed by atoms with Gasteiger partial charge in [-0.1, -0.05) is 0 Å². The summed E-state index contributed by atoms with van der Waals surface area (Å²) in [6.45, 7) is 6.03. The van der Waals surface area contributed by atoms with Crippen LogP contribution in [0.15, 0.2) is 0 Å². The number of aliphatic hydroxyl groups excluding tert-OH is 1. The van der Waals surface area contributed by atoms with E-state index in [4.69, 9.17) is 10.00 Å². The first-order chi connectivity index (χ1) is 8.35. The predicted octanol–water partition coefficient (Wildman–Crippen LogP) is 2.05. The van der Waals surface area contributed by atoms with Crippen molar-refractivity contribution >= 4 is 6.09 Å². The van der Waals surface area contributed by atoms with Gasteiger partial charge in [-0.05, 0) is 40.0 Å². The van der Waals surface area contributed by atoms with Crippen LogP contribution in [0.2, 0.25) is 0 Å².